The van der Waals surface area contributed by atoms with E-state index in [-0.39, 0.29) is 5.69 Å². The number of aryl methyl sites for hydroxylation is 1. The molecule has 0 saturated heterocycles. The van der Waals surface area contributed by atoms with Gasteiger partial charge in [0.25, 0.3) is 0 Å². The lowest BCUT2D eigenvalue weighted by Crippen LogP contribution is -2.31. The molecular formula is C16H20FN5O. The van der Waals surface area contributed by atoms with Gasteiger partial charge >= 0.3 is 6.03 Å². The number of benzene rings is 1. The zero-order valence-electron chi connectivity index (χ0n) is 12.9. The first-order valence-electron chi connectivity index (χ1n) is 7.94. The van der Waals surface area contributed by atoms with E-state index < -0.39 is 11.8 Å². The van der Waals surface area contributed by atoms with Crippen molar-refractivity contribution < 1.29 is 9.18 Å². The van der Waals surface area contributed by atoms with Gasteiger partial charge < -0.3 is 15.2 Å². The molecule has 2 amide bonds. The van der Waals surface area contributed by atoms with Gasteiger partial charge in [-0.1, -0.05) is 18.6 Å². The quantitative estimate of drug-likeness (QED) is 0.910. The molecule has 1 aromatic carbocycles. The van der Waals surface area contributed by atoms with Crippen molar-refractivity contribution in [3.63, 3.8) is 0 Å². The topological polar surface area (TPSA) is 71.8 Å². The highest BCUT2D eigenvalue weighted by Crippen LogP contribution is 2.14. The minimum atomic E-state index is -0.453. The van der Waals surface area contributed by atoms with Crippen LogP contribution in [0.15, 0.2) is 24.3 Å². The fourth-order valence-corrected chi connectivity index (χ4v) is 2.75. The van der Waals surface area contributed by atoms with Crippen molar-refractivity contribution in [1.82, 2.24) is 20.1 Å². The molecule has 2 heterocycles. The molecule has 23 heavy (non-hydrogen) atoms. The predicted octanol–water partition coefficient (Wildman–Crippen LogP) is 2.51. The second-order valence-corrected chi connectivity index (χ2v) is 5.61. The molecule has 2 aromatic rings. The van der Waals surface area contributed by atoms with Gasteiger partial charge in [0, 0.05) is 25.9 Å². The van der Waals surface area contributed by atoms with Crippen molar-refractivity contribution in [2.24, 2.45) is 0 Å². The molecule has 0 bridgehead atoms. The number of para-hydroxylation sites is 1. The summed E-state index contributed by atoms with van der Waals surface area (Å²) in [7, 11) is 0. The molecule has 0 unspecified atom stereocenters. The van der Waals surface area contributed by atoms with Crippen molar-refractivity contribution >= 4 is 11.7 Å². The summed E-state index contributed by atoms with van der Waals surface area (Å²) >= 11 is 0. The van der Waals surface area contributed by atoms with E-state index >= 15 is 0 Å². The highest BCUT2D eigenvalue weighted by molar-refractivity contribution is 5.89. The molecule has 1 aromatic heterocycles. The van der Waals surface area contributed by atoms with Gasteiger partial charge in [-0.15, -0.1) is 10.2 Å². The molecule has 0 atom stereocenters. The van der Waals surface area contributed by atoms with E-state index in [2.05, 4.69) is 25.4 Å². The average Bonchev–Trinajstić information content (AvgIpc) is 2.78. The van der Waals surface area contributed by atoms with Gasteiger partial charge in [0.2, 0.25) is 0 Å². The number of rotatable bonds is 4. The van der Waals surface area contributed by atoms with E-state index in [1.807, 2.05) is 0 Å². The van der Waals surface area contributed by atoms with Gasteiger partial charge in [-0.2, -0.15) is 0 Å². The first-order valence-corrected chi connectivity index (χ1v) is 7.94. The van der Waals surface area contributed by atoms with E-state index in [1.165, 1.54) is 18.6 Å². The second kappa shape index (κ2) is 7.21. The minimum absolute atomic E-state index is 0.168. The molecule has 0 spiro atoms. The van der Waals surface area contributed by atoms with E-state index in [9.17, 15) is 9.18 Å². The minimum Gasteiger partial charge on any atom is -0.337 e. The Bertz CT molecular complexity index is 685. The number of fused-ring (bicyclic) bond motifs is 1. The molecule has 0 saturated carbocycles. The number of amides is 2. The molecule has 6 nitrogen and oxygen atoms in total. The molecule has 3 rings (SSSR count). The number of aromatic nitrogens is 3. The summed E-state index contributed by atoms with van der Waals surface area (Å²) in [5.41, 5.74) is 0.168. The van der Waals surface area contributed by atoms with Crippen LogP contribution in [0.25, 0.3) is 0 Å². The summed E-state index contributed by atoms with van der Waals surface area (Å²) in [6.45, 7) is 1.37. The number of carbonyl (C=O) groups excluding carboxylic acids is 1. The number of hydrogen-bond donors (Lipinski definition) is 2. The van der Waals surface area contributed by atoms with Crippen LogP contribution in [0.2, 0.25) is 0 Å². The number of halogens is 1. The molecule has 122 valence electrons. The maximum absolute atomic E-state index is 13.5. The third-order valence-corrected chi connectivity index (χ3v) is 3.94. The van der Waals surface area contributed by atoms with Gasteiger partial charge in [0.05, 0.1) is 5.69 Å². The van der Waals surface area contributed by atoms with E-state index in [0.29, 0.717) is 13.0 Å². The van der Waals surface area contributed by atoms with E-state index in [0.717, 1.165) is 37.5 Å². The Morgan fingerprint density at radius 3 is 2.96 bits per heavy atom. The maximum Gasteiger partial charge on any atom is 0.319 e. The predicted molar refractivity (Wildman–Crippen MR) is 84.7 cm³/mol. The fourth-order valence-electron chi connectivity index (χ4n) is 2.75. The average molecular weight is 317 g/mol. The van der Waals surface area contributed by atoms with Crippen molar-refractivity contribution in [2.75, 3.05) is 11.9 Å². The van der Waals surface area contributed by atoms with Crippen LogP contribution in [-0.4, -0.2) is 27.3 Å². The lowest BCUT2D eigenvalue weighted by molar-refractivity contribution is 0.252. The molecule has 1 aliphatic rings. The summed E-state index contributed by atoms with van der Waals surface area (Å²) in [5, 5.41) is 13.7. The summed E-state index contributed by atoms with van der Waals surface area (Å²) in [5.74, 6) is 1.48. The van der Waals surface area contributed by atoms with Crippen molar-refractivity contribution in [2.45, 2.75) is 38.6 Å². The van der Waals surface area contributed by atoms with Crippen molar-refractivity contribution in [3.05, 3.63) is 41.7 Å². The number of urea groups is 1. The van der Waals surface area contributed by atoms with Crippen LogP contribution in [0.5, 0.6) is 0 Å². The van der Waals surface area contributed by atoms with Crippen molar-refractivity contribution in [1.29, 1.82) is 0 Å². The van der Waals surface area contributed by atoms with Gasteiger partial charge in [-0.3, -0.25) is 0 Å². The highest BCUT2D eigenvalue weighted by atomic mass is 19.1. The van der Waals surface area contributed by atoms with Crippen LogP contribution in [0.1, 0.15) is 30.9 Å². The van der Waals surface area contributed by atoms with Crippen LogP contribution >= 0.6 is 0 Å². The zero-order valence-corrected chi connectivity index (χ0v) is 12.9. The Morgan fingerprint density at radius 1 is 1.22 bits per heavy atom. The monoisotopic (exact) mass is 317 g/mol. The standard InChI is InChI=1S/C16H20FN5O/c17-12-6-3-4-7-13(12)19-16(23)18-10-9-15-21-20-14-8-2-1-5-11-22(14)15/h3-4,6-7H,1-2,5,8-11H2,(H2,18,19,23). The number of anilines is 1. The van der Waals surface area contributed by atoms with Crippen molar-refractivity contribution in [3.8, 4) is 0 Å². The first-order chi connectivity index (χ1) is 11.2. The number of hydrogen-bond acceptors (Lipinski definition) is 3. The van der Waals surface area contributed by atoms with E-state index in [1.54, 1.807) is 12.1 Å². The fraction of sp³-hybridized carbons (Fsp3) is 0.438. The Labute approximate surface area is 134 Å². The molecule has 0 fully saturated rings. The summed E-state index contributed by atoms with van der Waals surface area (Å²) in [6, 6.07) is 5.65. The third-order valence-electron chi connectivity index (χ3n) is 3.94. The van der Waals surface area contributed by atoms with Gasteiger partial charge in [-0.25, -0.2) is 9.18 Å². The third kappa shape index (κ3) is 3.85. The summed E-state index contributed by atoms with van der Waals surface area (Å²) in [4.78, 5) is 11.8. The van der Waals surface area contributed by atoms with Gasteiger partial charge in [0.15, 0.2) is 0 Å². The molecule has 0 aliphatic carbocycles. The maximum atomic E-state index is 13.5. The van der Waals surface area contributed by atoms with Crippen LogP contribution < -0.4 is 10.6 Å². The first kappa shape index (κ1) is 15.5. The molecule has 7 heteroatoms. The summed E-state index contributed by atoms with van der Waals surface area (Å²) in [6.07, 6.45) is 5.08. The van der Waals surface area contributed by atoms with Crippen LogP contribution in [-0.2, 0) is 19.4 Å². The largest absolute Gasteiger partial charge is 0.337 e. The normalized spacial score (nSPS) is 14.0. The SMILES string of the molecule is O=C(NCCc1nnc2n1CCCCC2)Nc1ccccc1F. The lowest BCUT2D eigenvalue weighted by atomic mass is 10.2. The van der Waals surface area contributed by atoms with E-state index in [4.69, 9.17) is 0 Å². The number of nitrogens with zero attached hydrogens (tertiary/aromatic N) is 3. The second-order valence-electron chi connectivity index (χ2n) is 5.61. The van der Waals surface area contributed by atoms with Gasteiger partial charge in [0.1, 0.15) is 17.5 Å². The Balaban J connectivity index is 1.51. The summed E-state index contributed by atoms with van der Waals surface area (Å²) < 4.78 is 15.6. The molecule has 1 aliphatic heterocycles. The number of nitrogens with one attached hydrogen (secondary N) is 2. The van der Waals surface area contributed by atoms with Crippen LogP contribution in [0.4, 0.5) is 14.9 Å². The lowest BCUT2D eigenvalue weighted by Gasteiger charge is -2.09. The van der Waals surface area contributed by atoms with Crippen LogP contribution in [0.3, 0.4) is 0 Å². The number of carbonyl (C=O) groups is 1. The molecule has 0 radical (unpaired) electrons. The Kier molecular flexibility index (Phi) is 4.85. The van der Waals surface area contributed by atoms with Crippen LogP contribution in [0, 0.1) is 5.82 Å². The Morgan fingerprint density at radius 2 is 2.09 bits per heavy atom. The molecular weight excluding hydrogens is 297 g/mol. The smallest absolute Gasteiger partial charge is 0.319 e. The zero-order chi connectivity index (χ0) is 16.1. The Hall–Kier alpha value is -2.44. The van der Waals surface area contributed by atoms with Gasteiger partial charge in [-0.05, 0) is 25.0 Å². The highest BCUT2D eigenvalue weighted by Gasteiger charge is 2.14. The molecule has 2 N–H and O–H groups in total.